The molecule has 0 amide bonds. The van der Waals surface area contributed by atoms with E-state index in [0.717, 1.165) is 24.7 Å². The van der Waals surface area contributed by atoms with E-state index in [1.807, 2.05) is 30.0 Å². The van der Waals surface area contributed by atoms with E-state index in [-0.39, 0.29) is 6.04 Å². The first-order valence-electron chi connectivity index (χ1n) is 8.31. The van der Waals surface area contributed by atoms with Gasteiger partial charge in [-0.15, -0.1) is 0 Å². The van der Waals surface area contributed by atoms with Gasteiger partial charge in [0.1, 0.15) is 11.6 Å². The molecule has 1 N–H and O–H groups in total. The molecule has 2 rings (SSSR count). The molecule has 3 nitrogen and oxygen atoms in total. The lowest BCUT2D eigenvalue weighted by atomic mass is 10.1. The summed E-state index contributed by atoms with van der Waals surface area (Å²) in [5.74, 6) is -0.776. The van der Waals surface area contributed by atoms with E-state index in [1.165, 1.54) is 12.1 Å². The molecule has 0 aliphatic carbocycles. The number of nitrogens with one attached hydrogen (secondary N) is 1. The van der Waals surface area contributed by atoms with Crippen molar-refractivity contribution in [1.29, 1.82) is 0 Å². The van der Waals surface area contributed by atoms with Gasteiger partial charge < -0.3 is 10.2 Å². The first-order valence-corrected chi connectivity index (χ1v) is 8.72. The summed E-state index contributed by atoms with van der Waals surface area (Å²) < 4.78 is 26.8. The lowest BCUT2D eigenvalue weighted by molar-refractivity contribution is 0.313. The average molecular weight is 363 g/mol. The van der Waals surface area contributed by atoms with Gasteiger partial charge in [0, 0.05) is 24.5 Å². The van der Waals surface area contributed by atoms with Gasteiger partial charge in [0.15, 0.2) is 5.11 Å². The maximum atomic E-state index is 13.4. The van der Waals surface area contributed by atoms with E-state index in [2.05, 4.69) is 24.1 Å². The Hall–Kier alpha value is -2.08. The zero-order valence-corrected chi connectivity index (χ0v) is 15.5. The quantitative estimate of drug-likeness (QED) is 0.717. The third-order valence-corrected chi connectivity index (χ3v) is 4.24. The second-order valence-corrected chi connectivity index (χ2v) is 6.78. The molecule has 0 aliphatic heterocycles. The molecular formula is C19H23F2N3S. The monoisotopic (exact) mass is 363 g/mol. The smallest absolute Gasteiger partial charge is 0.173 e. The van der Waals surface area contributed by atoms with Crippen molar-refractivity contribution in [1.82, 2.24) is 9.88 Å². The molecule has 1 heterocycles. The van der Waals surface area contributed by atoms with Gasteiger partial charge in [-0.3, -0.25) is 4.98 Å². The molecule has 0 saturated heterocycles. The second-order valence-electron chi connectivity index (χ2n) is 6.39. The zero-order valence-electron chi connectivity index (χ0n) is 14.7. The van der Waals surface area contributed by atoms with Crippen molar-refractivity contribution in [3.05, 3.63) is 59.9 Å². The van der Waals surface area contributed by atoms with Gasteiger partial charge >= 0.3 is 0 Å². The highest BCUT2D eigenvalue weighted by Gasteiger charge is 2.20. The van der Waals surface area contributed by atoms with Crippen LogP contribution in [-0.2, 0) is 0 Å². The first kappa shape index (κ1) is 19.2. The molecule has 0 spiro atoms. The Morgan fingerprint density at radius 3 is 2.40 bits per heavy atom. The molecule has 0 saturated carbocycles. The largest absolute Gasteiger partial charge is 0.341 e. The fourth-order valence-electron chi connectivity index (χ4n) is 2.47. The van der Waals surface area contributed by atoms with Crippen molar-refractivity contribution in [2.24, 2.45) is 5.92 Å². The van der Waals surface area contributed by atoms with Crippen LogP contribution in [0.2, 0.25) is 0 Å². The molecule has 134 valence electrons. The summed E-state index contributed by atoms with van der Waals surface area (Å²) in [5, 5.41) is 3.37. The van der Waals surface area contributed by atoms with Crippen LogP contribution in [0.3, 0.4) is 0 Å². The normalized spacial score (nSPS) is 12.1. The van der Waals surface area contributed by atoms with E-state index in [9.17, 15) is 8.78 Å². The predicted molar refractivity (Wildman–Crippen MR) is 101 cm³/mol. The molecule has 0 fully saturated rings. The molecule has 0 radical (unpaired) electrons. The molecule has 25 heavy (non-hydrogen) atoms. The van der Waals surface area contributed by atoms with Crippen LogP contribution in [-0.4, -0.2) is 21.5 Å². The van der Waals surface area contributed by atoms with Gasteiger partial charge in [-0.05, 0) is 55.7 Å². The van der Waals surface area contributed by atoms with Gasteiger partial charge in [0.2, 0.25) is 0 Å². The number of aromatic nitrogens is 1. The molecule has 1 aromatic carbocycles. The fourth-order valence-corrected chi connectivity index (χ4v) is 2.84. The van der Waals surface area contributed by atoms with Crippen molar-refractivity contribution in [2.45, 2.75) is 33.2 Å². The first-order chi connectivity index (χ1) is 11.9. The Labute approximate surface area is 153 Å². The molecule has 0 unspecified atom stereocenters. The van der Waals surface area contributed by atoms with Crippen molar-refractivity contribution >= 4 is 23.0 Å². The van der Waals surface area contributed by atoms with Crippen LogP contribution < -0.4 is 5.32 Å². The Morgan fingerprint density at radius 2 is 1.84 bits per heavy atom. The van der Waals surface area contributed by atoms with E-state index in [1.54, 1.807) is 6.20 Å². The Balaban J connectivity index is 2.19. The average Bonchev–Trinajstić information content (AvgIpc) is 2.54. The SMILES string of the molecule is CC(C)CCN(C(=S)Nc1cc(F)cc(F)c1)[C@@H](C)c1ccccn1. The van der Waals surface area contributed by atoms with Crippen LogP contribution in [0.15, 0.2) is 42.6 Å². The Bertz CT molecular complexity index is 687. The summed E-state index contributed by atoms with van der Waals surface area (Å²) in [4.78, 5) is 6.40. The molecular weight excluding hydrogens is 340 g/mol. The minimum atomic E-state index is -0.642. The van der Waals surface area contributed by atoms with Gasteiger partial charge in [-0.25, -0.2) is 8.78 Å². The number of anilines is 1. The van der Waals surface area contributed by atoms with E-state index in [0.29, 0.717) is 16.7 Å². The summed E-state index contributed by atoms with van der Waals surface area (Å²) in [5.41, 5.74) is 1.19. The number of benzene rings is 1. The van der Waals surface area contributed by atoms with E-state index < -0.39 is 11.6 Å². The number of halogens is 2. The number of nitrogens with zero attached hydrogens (tertiary/aromatic N) is 2. The maximum Gasteiger partial charge on any atom is 0.173 e. The Morgan fingerprint density at radius 1 is 1.16 bits per heavy atom. The molecule has 6 heteroatoms. The molecule has 2 aromatic rings. The van der Waals surface area contributed by atoms with Crippen molar-refractivity contribution in [3.63, 3.8) is 0 Å². The number of thiocarbonyl (C=S) groups is 1. The predicted octanol–water partition coefficient (Wildman–Crippen LogP) is 5.17. The summed E-state index contributed by atoms with van der Waals surface area (Å²) in [7, 11) is 0. The minimum absolute atomic E-state index is 0.0571. The van der Waals surface area contributed by atoms with Gasteiger partial charge in [-0.1, -0.05) is 19.9 Å². The summed E-state index contributed by atoms with van der Waals surface area (Å²) >= 11 is 5.51. The van der Waals surface area contributed by atoms with Gasteiger partial charge in [0.25, 0.3) is 0 Å². The molecule has 1 atom stereocenters. The number of hydrogen-bond acceptors (Lipinski definition) is 2. The van der Waals surface area contributed by atoms with Crippen LogP contribution in [0.4, 0.5) is 14.5 Å². The lowest BCUT2D eigenvalue weighted by Gasteiger charge is -2.32. The van der Waals surface area contributed by atoms with Crippen molar-refractivity contribution in [3.8, 4) is 0 Å². The third kappa shape index (κ3) is 5.74. The van der Waals surface area contributed by atoms with Crippen LogP contribution in [0, 0.1) is 17.6 Å². The molecule has 0 bridgehead atoms. The lowest BCUT2D eigenvalue weighted by Crippen LogP contribution is -2.38. The summed E-state index contributed by atoms with van der Waals surface area (Å²) in [6.45, 7) is 7.02. The Kier molecular flexibility index (Phi) is 6.82. The topological polar surface area (TPSA) is 28.2 Å². The van der Waals surface area contributed by atoms with E-state index >= 15 is 0 Å². The highest BCUT2D eigenvalue weighted by molar-refractivity contribution is 7.80. The van der Waals surface area contributed by atoms with Crippen LogP contribution in [0.1, 0.15) is 38.9 Å². The van der Waals surface area contributed by atoms with Crippen molar-refractivity contribution < 1.29 is 8.78 Å². The van der Waals surface area contributed by atoms with Crippen LogP contribution >= 0.6 is 12.2 Å². The number of pyridine rings is 1. The fraction of sp³-hybridized carbons (Fsp3) is 0.368. The second kappa shape index (κ2) is 8.85. The standard InChI is InChI=1S/C19H23F2N3S/c1-13(2)7-9-24(14(3)18-6-4-5-8-22-18)19(25)23-17-11-15(20)10-16(21)12-17/h4-6,8,10-14H,7,9H2,1-3H3,(H,23,25)/t14-/m0/s1. The zero-order chi connectivity index (χ0) is 18.4. The van der Waals surface area contributed by atoms with Crippen molar-refractivity contribution in [2.75, 3.05) is 11.9 Å². The molecule has 0 aliphatic rings. The van der Waals surface area contributed by atoms with E-state index in [4.69, 9.17) is 12.2 Å². The number of rotatable bonds is 6. The highest BCUT2D eigenvalue weighted by atomic mass is 32.1. The maximum absolute atomic E-state index is 13.4. The highest BCUT2D eigenvalue weighted by Crippen LogP contribution is 2.22. The van der Waals surface area contributed by atoms with Crippen LogP contribution in [0.25, 0.3) is 0 Å². The third-order valence-electron chi connectivity index (χ3n) is 3.91. The minimum Gasteiger partial charge on any atom is -0.341 e. The van der Waals surface area contributed by atoms with Gasteiger partial charge in [0.05, 0.1) is 11.7 Å². The summed E-state index contributed by atoms with van der Waals surface area (Å²) in [6.07, 6.45) is 2.68. The molecule has 1 aromatic heterocycles. The number of hydrogen-bond donors (Lipinski definition) is 1. The van der Waals surface area contributed by atoms with Crippen LogP contribution in [0.5, 0.6) is 0 Å². The van der Waals surface area contributed by atoms with Gasteiger partial charge in [-0.2, -0.15) is 0 Å². The summed E-state index contributed by atoms with van der Waals surface area (Å²) in [6, 6.07) is 8.96.